The van der Waals surface area contributed by atoms with Crippen LogP contribution in [0.15, 0.2) is 64.8 Å². The Morgan fingerprint density at radius 2 is 1.76 bits per heavy atom. The van der Waals surface area contributed by atoms with E-state index in [2.05, 4.69) is 16.3 Å². The van der Waals surface area contributed by atoms with Gasteiger partial charge in [0.15, 0.2) is 5.54 Å². The van der Waals surface area contributed by atoms with Crippen LogP contribution in [0, 0.1) is 17.2 Å². The fourth-order valence-electron chi connectivity index (χ4n) is 3.19. The monoisotopic (exact) mass is 333 g/mol. The van der Waals surface area contributed by atoms with Crippen molar-refractivity contribution in [3.8, 4) is 11.8 Å². The van der Waals surface area contributed by atoms with Gasteiger partial charge in [-0.3, -0.25) is 0 Å². The fourth-order valence-corrected chi connectivity index (χ4v) is 3.19. The van der Waals surface area contributed by atoms with E-state index in [-0.39, 0.29) is 0 Å². The summed E-state index contributed by atoms with van der Waals surface area (Å²) in [7, 11) is 0. The number of hydrogen-bond acceptors (Lipinski definition) is 4. The Kier molecular flexibility index (Phi) is 5.45. The van der Waals surface area contributed by atoms with Crippen molar-refractivity contribution in [2.45, 2.75) is 44.8 Å². The maximum absolute atomic E-state index is 9.52. The smallest absolute Gasteiger partial charge is 0.167 e. The fraction of sp³-hybridized carbons (Fsp3) is 0.381. The zero-order valence-corrected chi connectivity index (χ0v) is 14.6. The molecule has 0 aliphatic heterocycles. The molecule has 1 unspecified atom stereocenters. The second-order valence-corrected chi connectivity index (χ2v) is 6.71. The van der Waals surface area contributed by atoms with E-state index < -0.39 is 5.54 Å². The van der Waals surface area contributed by atoms with Crippen LogP contribution in [0.3, 0.4) is 0 Å². The van der Waals surface area contributed by atoms with Gasteiger partial charge in [0.25, 0.3) is 0 Å². The van der Waals surface area contributed by atoms with Crippen LogP contribution in [0.5, 0.6) is 5.75 Å². The molecule has 128 valence electrons. The summed E-state index contributed by atoms with van der Waals surface area (Å²) >= 11 is 0. The van der Waals surface area contributed by atoms with Gasteiger partial charge in [-0.25, -0.2) is 0 Å². The third-order valence-electron chi connectivity index (χ3n) is 4.83. The molecule has 0 heterocycles. The van der Waals surface area contributed by atoms with E-state index in [0.29, 0.717) is 12.5 Å². The predicted molar refractivity (Wildman–Crippen MR) is 97.7 cm³/mol. The molecule has 1 fully saturated rings. The van der Waals surface area contributed by atoms with Crippen LogP contribution in [0.25, 0.3) is 0 Å². The lowest BCUT2D eigenvalue weighted by atomic mass is 9.86. The van der Waals surface area contributed by atoms with Crippen LogP contribution in [-0.2, 0) is 6.61 Å². The van der Waals surface area contributed by atoms with Crippen molar-refractivity contribution >= 4 is 5.69 Å². The molecule has 0 aromatic heterocycles. The first-order chi connectivity index (χ1) is 12.2. The highest BCUT2D eigenvalue weighted by Crippen LogP contribution is 2.37. The highest BCUT2D eigenvalue weighted by atomic mass is 16.5. The zero-order chi connectivity index (χ0) is 17.5. The Balaban J connectivity index is 1.61. The molecule has 2 aromatic carbocycles. The van der Waals surface area contributed by atoms with E-state index in [1.807, 2.05) is 61.5 Å². The van der Waals surface area contributed by atoms with Gasteiger partial charge in [-0.1, -0.05) is 43.2 Å². The maximum atomic E-state index is 9.52. The molecule has 1 aliphatic rings. The van der Waals surface area contributed by atoms with Crippen molar-refractivity contribution < 1.29 is 4.74 Å². The predicted octanol–water partition coefficient (Wildman–Crippen LogP) is 5.82. The summed E-state index contributed by atoms with van der Waals surface area (Å²) in [5.41, 5.74) is 1.15. The normalized spacial score (nSPS) is 17.3. The number of nitriles is 1. The van der Waals surface area contributed by atoms with E-state index in [9.17, 15) is 5.26 Å². The Morgan fingerprint density at radius 3 is 2.40 bits per heavy atom. The molecular weight excluding hydrogens is 310 g/mol. The Morgan fingerprint density at radius 1 is 1.08 bits per heavy atom. The second kappa shape index (κ2) is 7.94. The Bertz CT molecular complexity index is 743. The van der Waals surface area contributed by atoms with Crippen molar-refractivity contribution in [1.29, 1.82) is 5.26 Å². The molecule has 25 heavy (non-hydrogen) atoms. The average Bonchev–Trinajstić information content (AvgIpc) is 3.22. The summed E-state index contributed by atoms with van der Waals surface area (Å²) in [6, 6.07) is 19.9. The van der Waals surface area contributed by atoms with E-state index in [1.54, 1.807) is 0 Å². The Hall–Kier alpha value is -2.67. The third-order valence-corrected chi connectivity index (χ3v) is 4.83. The highest BCUT2D eigenvalue weighted by Gasteiger charge is 2.36. The topological polar surface area (TPSA) is 57.7 Å². The van der Waals surface area contributed by atoms with E-state index in [0.717, 1.165) is 29.8 Å². The minimum absolute atomic E-state index is 0.315. The molecular formula is C21H23N3O. The number of nitrogens with zero attached hydrogens (tertiary/aromatic N) is 3. The van der Waals surface area contributed by atoms with Crippen molar-refractivity contribution in [2.24, 2.45) is 16.1 Å². The van der Waals surface area contributed by atoms with Gasteiger partial charge in [-0.05, 0) is 55.5 Å². The minimum Gasteiger partial charge on any atom is -0.489 e. The van der Waals surface area contributed by atoms with Crippen LogP contribution < -0.4 is 4.74 Å². The molecule has 3 rings (SSSR count). The van der Waals surface area contributed by atoms with Gasteiger partial charge in [0.1, 0.15) is 12.4 Å². The van der Waals surface area contributed by atoms with Gasteiger partial charge in [-0.15, -0.1) is 0 Å². The molecule has 0 radical (unpaired) electrons. The molecule has 0 N–H and O–H groups in total. The van der Waals surface area contributed by atoms with Crippen LogP contribution in [0.2, 0.25) is 0 Å². The largest absolute Gasteiger partial charge is 0.489 e. The number of azo groups is 1. The minimum atomic E-state index is -0.723. The van der Waals surface area contributed by atoms with Crippen LogP contribution in [-0.4, -0.2) is 5.54 Å². The van der Waals surface area contributed by atoms with Gasteiger partial charge in [0.05, 0.1) is 11.8 Å². The first-order valence-electron chi connectivity index (χ1n) is 8.80. The zero-order valence-electron chi connectivity index (χ0n) is 14.6. The summed E-state index contributed by atoms with van der Waals surface area (Å²) < 4.78 is 5.77. The molecule has 1 atom stereocenters. The van der Waals surface area contributed by atoms with Crippen molar-refractivity contribution in [3.05, 3.63) is 60.2 Å². The van der Waals surface area contributed by atoms with Gasteiger partial charge in [-0.2, -0.15) is 15.5 Å². The molecule has 0 bridgehead atoms. The molecule has 4 nitrogen and oxygen atoms in total. The van der Waals surface area contributed by atoms with Crippen LogP contribution in [0.4, 0.5) is 5.69 Å². The SMILES string of the molecule is CC(C#N)(N=Nc1ccc(OCc2ccccc2)cc1)C1CCCC1. The van der Waals surface area contributed by atoms with E-state index in [4.69, 9.17) is 4.74 Å². The second-order valence-electron chi connectivity index (χ2n) is 6.71. The number of ether oxygens (including phenoxy) is 1. The molecule has 1 aliphatic carbocycles. The van der Waals surface area contributed by atoms with E-state index in [1.165, 1.54) is 12.8 Å². The first kappa shape index (κ1) is 17.2. The van der Waals surface area contributed by atoms with Gasteiger partial charge < -0.3 is 4.74 Å². The van der Waals surface area contributed by atoms with Gasteiger partial charge >= 0.3 is 0 Å². The van der Waals surface area contributed by atoms with Crippen molar-refractivity contribution in [1.82, 2.24) is 0 Å². The molecule has 0 saturated heterocycles. The lowest BCUT2D eigenvalue weighted by molar-refractivity contribution is 0.306. The number of rotatable bonds is 6. The third kappa shape index (κ3) is 4.45. The lowest BCUT2D eigenvalue weighted by Gasteiger charge is -2.22. The standard InChI is InChI=1S/C21H23N3O/c1-21(16-22,18-9-5-6-10-18)24-23-19-11-13-20(14-12-19)25-15-17-7-3-2-4-8-17/h2-4,7-8,11-14,18H,5-6,9-10,15H2,1H3. The van der Waals surface area contributed by atoms with Crippen LogP contribution in [0.1, 0.15) is 38.2 Å². The van der Waals surface area contributed by atoms with E-state index >= 15 is 0 Å². The van der Waals surface area contributed by atoms with Crippen LogP contribution >= 0.6 is 0 Å². The summed E-state index contributed by atoms with van der Waals surface area (Å²) in [6.07, 6.45) is 4.50. The number of hydrogen-bond donors (Lipinski definition) is 0. The lowest BCUT2D eigenvalue weighted by Crippen LogP contribution is -2.28. The summed E-state index contributed by atoms with van der Waals surface area (Å²) in [5.74, 6) is 1.11. The first-order valence-corrected chi connectivity index (χ1v) is 8.80. The van der Waals surface area contributed by atoms with Gasteiger partial charge in [0, 0.05) is 0 Å². The highest BCUT2D eigenvalue weighted by molar-refractivity contribution is 5.40. The quantitative estimate of drug-likeness (QED) is 0.625. The summed E-state index contributed by atoms with van der Waals surface area (Å²) in [5, 5.41) is 18.2. The Labute approximate surface area is 149 Å². The van der Waals surface area contributed by atoms with Crippen molar-refractivity contribution in [2.75, 3.05) is 0 Å². The molecule has 2 aromatic rings. The van der Waals surface area contributed by atoms with Gasteiger partial charge in [0.2, 0.25) is 0 Å². The molecule has 4 heteroatoms. The molecule has 1 saturated carbocycles. The maximum Gasteiger partial charge on any atom is 0.167 e. The van der Waals surface area contributed by atoms with Crippen molar-refractivity contribution in [3.63, 3.8) is 0 Å². The molecule has 0 amide bonds. The summed E-state index contributed by atoms with van der Waals surface area (Å²) in [6.45, 7) is 2.43. The summed E-state index contributed by atoms with van der Waals surface area (Å²) in [4.78, 5) is 0. The molecule has 0 spiro atoms. The average molecular weight is 333 g/mol. The number of benzene rings is 2.